The van der Waals surface area contributed by atoms with Crippen LogP contribution in [0, 0.1) is 0 Å². The fourth-order valence-electron chi connectivity index (χ4n) is 1.28. The minimum atomic E-state index is -1.04. The molecule has 0 aromatic rings. The van der Waals surface area contributed by atoms with E-state index in [1.54, 1.807) is 0 Å². The molecule has 176 valence electrons. The third-order valence-corrected chi connectivity index (χ3v) is 3.36. The third kappa shape index (κ3) is 58.4. The Morgan fingerprint density at radius 1 is 0.724 bits per heavy atom. The van der Waals surface area contributed by atoms with Gasteiger partial charge in [0.15, 0.2) is 3.79 Å². The molecule has 0 saturated carbocycles. The molecule has 0 aliphatic rings. The number of alkyl halides is 3. The molecule has 0 spiro atoms. The van der Waals surface area contributed by atoms with Gasteiger partial charge >= 0.3 is 11.9 Å². The Morgan fingerprint density at radius 2 is 0.966 bits per heavy atom. The van der Waals surface area contributed by atoms with Crippen molar-refractivity contribution in [3.63, 3.8) is 0 Å². The van der Waals surface area contributed by atoms with Crippen LogP contribution >= 0.6 is 34.8 Å². The second-order valence-electron chi connectivity index (χ2n) is 5.66. The van der Waals surface area contributed by atoms with Crippen LogP contribution in [-0.2, 0) is 9.59 Å². The Kier molecular flexibility index (Phi) is 39.3. The molecule has 0 amide bonds. The number of aliphatic carboxylic acids is 2. The molecule has 4 N–H and O–H groups in total. The van der Waals surface area contributed by atoms with Gasteiger partial charge in [-0.25, -0.2) is 9.59 Å². The predicted molar refractivity (Wildman–Crippen MR) is 124 cm³/mol. The zero-order chi connectivity index (χ0) is 24.5. The van der Waals surface area contributed by atoms with Gasteiger partial charge < -0.3 is 20.4 Å². The maximum atomic E-state index is 9.60. The van der Waals surface area contributed by atoms with Crippen molar-refractivity contribution in [2.75, 3.05) is 14.2 Å². The van der Waals surface area contributed by atoms with Crippen LogP contribution in [-0.4, -0.2) is 50.4 Å². The van der Waals surface area contributed by atoms with Gasteiger partial charge in [-0.15, -0.1) is 0 Å². The minimum absolute atomic E-state index is 0.176. The van der Waals surface area contributed by atoms with Crippen LogP contribution in [0.1, 0.15) is 72.1 Å². The van der Waals surface area contributed by atoms with E-state index in [1.165, 1.54) is 52.4 Å². The van der Waals surface area contributed by atoms with Gasteiger partial charge in [0.1, 0.15) is 0 Å². The summed E-state index contributed by atoms with van der Waals surface area (Å²) in [5.74, 6) is -1.87. The molecule has 0 radical (unpaired) electrons. The van der Waals surface area contributed by atoms with E-state index < -0.39 is 15.7 Å². The zero-order valence-electron chi connectivity index (χ0n) is 18.3. The molecular formula is C20H39Cl3O6. The van der Waals surface area contributed by atoms with E-state index in [2.05, 4.69) is 20.1 Å². The highest BCUT2D eigenvalue weighted by molar-refractivity contribution is 6.67. The van der Waals surface area contributed by atoms with Gasteiger partial charge in [-0.1, -0.05) is 93.4 Å². The van der Waals surface area contributed by atoms with E-state index >= 15 is 0 Å². The smallest absolute Gasteiger partial charge is 0.330 e. The first-order valence-electron chi connectivity index (χ1n) is 9.08. The summed E-state index contributed by atoms with van der Waals surface area (Å²) < 4.78 is -1.04. The molecule has 0 fully saturated rings. The Hall–Kier alpha value is -0.790. The summed E-state index contributed by atoms with van der Waals surface area (Å²) in [6.07, 6.45) is 9.52. The number of hydrogen-bond acceptors (Lipinski definition) is 4. The zero-order valence-corrected chi connectivity index (χ0v) is 20.6. The van der Waals surface area contributed by atoms with Gasteiger partial charge in [0.05, 0.1) is 0 Å². The van der Waals surface area contributed by atoms with Crippen molar-refractivity contribution >= 4 is 46.7 Å². The number of hydrogen-bond donors (Lipinski definition) is 4. The number of aliphatic hydroxyl groups is 2. The van der Waals surface area contributed by atoms with E-state index in [-0.39, 0.29) is 11.1 Å². The minimum Gasteiger partial charge on any atom is -0.478 e. The highest BCUT2D eigenvalue weighted by atomic mass is 35.6. The highest BCUT2D eigenvalue weighted by Crippen LogP contribution is 2.32. The molecule has 9 heteroatoms. The van der Waals surface area contributed by atoms with Gasteiger partial charge in [0.25, 0.3) is 0 Å². The third-order valence-electron chi connectivity index (χ3n) is 2.79. The van der Waals surface area contributed by atoms with Gasteiger partial charge in [0, 0.05) is 25.4 Å². The van der Waals surface area contributed by atoms with E-state index in [0.29, 0.717) is 6.42 Å². The summed E-state index contributed by atoms with van der Waals surface area (Å²) >= 11 is 16.9. The Labute approximate surface area is 191 Å². The first kappa shape index (κ1) is 38.8. The highest BCUT2D eigenvalue weighted by Gasteiger charge is 2.17. The van der Waals surface area contributed by atoms with Gasteiger partial charge in [-0.3, -0.25) is 0 Å². The second-order valence-corrected chi connectivity index (χ2v) is 8.17. The molecule has 0 heterocycles. The number of unbranched alkanes of at least 4 members (excludes halogenated alkanes) is 6. The lowest BCUT2D eigenvalue weighted by molar-refractivity contribution is -0.133. The number of aliphatic hydroxyl groups excluding tert-OH is 2. The van der Waals surface area contributed by atoms with E-state index in [9.17, 15) is 9.59 Å². The largest absolute Gasteiger partial charge is 0.478 e. The summed E-state index contributed by atoms with van der Waals surface area (Å²) in [7, 11) is 2.00. The van der Waals surface area contributed by atoms with E-state index in [4.69, 9.17) is 55.2 Å². The van der Waals surface area contributed by atoms with Crippen molar-refractivity contribution in [1.82, 2.24) is 0 Å². The van der Waals surface area contributed by atoms with Crippen LogP contribution in [0.2, 0.25) is 0 Å². The monoisotopic (exact) mass is 480 g/mol. The second kappa shape index (κ2) is 29.4. The lowest BCUT2D eigenvalue weighted by Crippen LogP contribution is -2.00. The van der Waals surface area contributed by atoms with Crippen molar-refractivity contribution in [2.45, 2.75) is 75.9 Å². The molecule has 0 saturated heterocycles. The lowest BCUT2D eigenvalue weighted by atomic mass is 10.1. The van der Waals surface area contributed by atoms with Gasteiger partial charge in [-0.2, -0.15) is 0 Å². The fourth-order valence-corrected chi connectivity index (χ4v) is 1.68. The average molecular weight is 482 g/mol. The summed E-state index contributed by atoms with van der Waals surface area (Å²) in [4.78, 5) is 19.2. The number of rotatable bonds is 9. The molecule has 0 aromatic heterocycles. The fraction of sp³-hybridized carbons (Fsp3) is 0.700. The van der Waals surface area contributed by atoms with Crippen LogP contribution < -0.4 is 0 Å². The Bertz CT molecular complexity index is 360. The van der Waals surface area contributed by atoms with Crippen LogP contribution in [0.15, 0.2) is 24.3 Å². The first-order chi connectivity index (χ1) is 13.3. The first-order valence-corrected chi connectivity index (χ1v) is 10.2. The summed E-state index contributed by atoms with van der Waals surface area (Å²) in [6, 6.07) is 0. The molecule has 0 rings (SSSR count). The maximum Gasteiger partial charge on any atom is 0.330 e. The van der Waals surface area contributed by atoms with Gasteiger partial charge in [-0.05, 0) is 26.7 Å². The Morgan fingerprint density at radius 3 is 1.17 bits per heavy atom. The molecule has 0 bridgehead atoms. The van der Waals surface area contributed by atoms with Crippen molar-refractivity contribution < 1.29 is 30.0 Å². The van der Waals surface area contributed by atoms with Crippen molar-refractivity contribution in [3.8, 4) is 0 Å². The van der Waals surface area contributed by atoms with E-state index in [0.717, 1.165) is 20.6 Å². The standard InChI is InChI=1S/C10H19Cl3.2C4H6O2.2CH4O/c1-2-3-4-5-6-7-8-9-10(11,12)13;2*1-3(2)4(5)6;2*1-2/h2-9H2,1H3;2*1H2,2H3,(H,5,6);2*2H,1H3. The van der Waals surface area contributed by atoms with Crippen LogP contribution in [0.25, 0.3) is 0 Å². The quantitative estimate of drug-likeness (QED) is 0.182. The van der Waals surface area contributed by atoms with Crippen molar-refractivity contribution in [1.29, 1.82) is 0 Å². The molecule has 0 unspecified atom stereocenters. The topological polar surface area (TPSA) is 115 Å². The summed E-state index contributed by atoms with van der Waals surface area (Å²) in [5, 5.41) is 29.8. The number of carboxylic acids is 2. The number of carbonyl (C=O) groups is 2. The van der Waals surface area contributed by atoms with Gasteiger partial charge in [0.2, 0.25) is 0 Å². The van der Waals surface area contributed by atoms with E-state index in [1.807, 2.05) is 0 Å². The molecule has 0 atom stereocenters. The predicted octanol–water partition coefficient (Wildman–Crippen LogP) is 6.01. The molecule has 6 nitrogen and oxygen atoms in total. The van der Waals surface area contributed by atoms with Crippen LogP contribution in [0.5, 0.6) is 0 Å². The molecule has 0 aromatic carbocycles. The SMILES string of the molecule is C=C(C)C(=O)O.C=C(C)C(=O)O.CCCCCCCCCC(Cl)(Cl)Cl.CO.CO. The number of carboxylic acid groups (broad SMARTS) is 2. The van der Waals surface area contributed by atoms with Crippen molar-refractivity contribution in [2.24, 2.45) is 0 Å². The molecule has 0 aliphatic heterocycles. The average Bonchev–Trinajstić information content (AvgIpc) is 2.64. The summed E-state index contributed by atoms with van der Waals surface area (Å²) in [5.41, 5.74) is 0.352. The molecule has 0 aliphatic carbocycles. The number of halogens is 3. The molecule has 29 heavy (non-hydrogen) atoms. The Balaban J connectivity index is -0.000000101. The lowest BCUT2D eigenvalue weighted by Gasteiger charge is -2.09. The van der Waals surface area contributed by atoms with Crippen molar-refractivity contribution in [3.05, 3.63) is 24.3 Å². The van der Waals surface area contributed by atoms with Crippen LogP contribution in [0.3, 0.4) is 0 Å². The summed E-state index contributed by atoms with van der Waals surface area (Å²) in [6.45, 7) is 11.4. The van der Waals surface area contributed by atoms with Crippen LogP contribution in [0.4, 0.5) is 0 Å². The normalized spacial score (nSPS) is 8.90. The molecular weight excluding hydrogens is 443 g/mol. The maximum absolute atomic E-state index is 9.60.